The molecule has 1 atom stereocenters. The first-order valence-electron chi connectivity index (χ1n) is 6.92. The van der Waals surface area contributed by atoms with Crippen molar-refractivity contribution in [3.8, 4) is 0 Å². The van der Waals surface area contributed by atoms with E-state index in [1.807, 2.05) is 0 Å². The molecular formula is C13H24N2O2S2. The number of nitrogens with one attached hydrogen (secondary N) is 1. The molecule has 0 amide bonds. The summed E-state index contributed by atoms with van der Waals surface area (Å²) in [7, 11) is 1.42. The van der Waals surface area contributed by atoms with E-state index in [0.717, 1.165) is 36.0 Å². The van der Waals surface area contributed by atoms with Crippen LogP contribution in [0, 0.1) is 0 Å². The number of ether oxygens (including phenoxy) is 1. The fourth-order valence-corrected chi connectivity index (χ4v) is 3.53. The van der Waals surface area contributed by atoms with E-state index in [9.17, 15) is 4.79 Å². The van der Waals surface area contributed by atoms with Crippen molar-refractivity contribution in [1.82, 2.24) is 10.2 Å². The van der Waals surface area contributed by atoms with Gasteiger partial charge in [-0.1, -0.05) is 24.0 Å². The van der Waals surface area contributed by atoms with Crippen molar-refractivity contribution in [2.75, 3.05) is 26.0 Å². The van der Waals surface area contributed by atoms with Gasteiger partial charge in [0.25, 0.3) is 0 Å². The number of nitrogens with zero attached hydrogens (tertiary/aromatic N) is 1. The van der Waals surface area contributed by atoms with E-state index in [2.05, 4.69) is 21.9 Å². The lowest BCUT2D eigenvalue weighted by Gasteiger charge is -2.35. The fourth-order valence-electron chi connectivity index (χ4n) is 2.14. The molecule has 1 unspecified atom stereocenters. The molecule has 0 spiro atoms. The largest absolute Gasteiger partial charge is 0.469 e. The van der Waals surface area contributed by atoms with E-state index >= 15 is 0 Å². The summed E-state index contributed by atoms with van der Waals surface area (Å²) in [5, 5.41) is 3.52. The van der Waals surface area contributed by atoms with E-state index in [0.29, 0.717) is 12.6 Å². The van der Waals surface area contributed by atoms with Crippen LogP contribution in [0.3, 0.4) is 0 Å². The monoisotopic (exact) mass is 304 g/mol. The average Bonchev–Trinajstić information content (AvgIpc) is 2.45. The highest BCUT2D eigenvalue weighted by atomic mass is 32.2. The number of hydrogen-bond donors (Lipinski definition) is 1. The molecule has 0 aromatic rings. The maximum Gasteiger partial charge on any atom is 0.305 e. The van der Waals surface area contributed by atoms with Crippen molar-refractivity contribution in [1.29, 1.82) is 0 Å². The molecule has 1 aliphatic heterocycles. The molecule has 1 aliphatic rings. The van der Waals surface area contributed by atoms with Crippen LogP contribution in [0.4, 0.5) is 0 Å². The zero-order valence-corrected chi connectivity index (χ0v) is 13.4. The van der Waals surface area contributed by atoms with Crippen LogP contribution in [0.15, 0.2) is 0 Å². The Bertz CT molecular complexity index is 294. The molecule has 0 saturated carbocycles. The molecule has 1 rings (SSSR count). The third-order valence-electron chi connectivity index (χ3n) is 3.21. The Morgan fingerprint density at radius 2 is 2.32 bits per heavy atom. The summed E-state index contributed by atoms with van der Waals surface area (Å²) in [5.74, 6) is 0.727. The molecule has 1 heterocycles. The molecule has 0 aliphatic carbocycles. The van der Waals surface area contributed by atoms with Gasteiger partial charge < -0.3 is 9.64 Å². The van der Waals surface area contributed by atoms with E-state index in [4.69, 9.17) is 12.2 Å². The summed E-state index contributed by atoms with van der Waals surface area (Å²) in [5.41, 5.74) is 0. The van der Waals surface area contributed by atoms with Gasteiger partial charge in [-0.25, -0.2) is 0 Å². The zero-order valence-electron chi connectivity index (χ0n) is 11.8. The third-order valence-corrected chi connectivity index (χ3v) is 4.78. The predicted molar refractivity (Wildman–Crippen MR) is 84.3 cm³/mol. The summed E-state index contributed by atoms with van der Waals surface area (Å²) in [6.07, 6.45) is 5.36. The average molecular weight is 304 g/mol. The topological polar surface area (TPSA) is 41.6 Å². The van der Waals surface area contributed by atoms with Gasteiger partial charge in [-0.15, -0.1) is 0 Å². The lowest BCUT2D eigenvalue weighted by atomic mass is 10.1. The van der Waals surface area contributed by atoms with Crippen LogP contribution < -0.4 is 5.32 Å². The van der Waals surface area contributed by atoms with Crippen LogP contribution in [-0.2, 0) is 9.53 Å². The van der Waals surface area contributed by atoms with Gasteiger partial charge in [0.05, 0.1) is 13.3 Å². The maximum atomic E-state index is 11.0. The van der Waals surface area contributed by atoms with Crippen LogP contribution in [0.2, 0.25) is 0 Å². The van der Waals surface area contributed by atoms with Gasteiger partial charge in [-0.3, -0.25) is 10.1 Å². The SMILES string of the molecule is CCN(C(=S)SCCCC(=O)OC)C1CCCCN1. The summed E-state index contributed by atoms with van der Waals surface area (Å²) in [4.78, 5) is 13.3. The van der Waals surface area contributed by atoms with E-state index < -0.39 is 0 Å². The molecule has 6 heteroatoms. The molecule has 4 nitrogen and oxygen atoms in total. The summed E-state index contributed by atoms with van der Waals surface area (Å²) in [6, 6.07) is 0. The Morgan fingerprint density at radius 3 is 2.89 bits per heavy atom. The molecule has 0 aromatic heterocycles. The second-order valence-electron chi connectivity index (χ2n) is 4.55. The Morgan fingerprint density at radius 1 is 1.53 bits per heavy atom. The number of esters is 1. The maximum absolute atomic E-state index is 11.0. The normalized spacial score (nSPS) is 18.9. The molecule has 0 bridgehead atoms. The van der Waals surface area contributed by atoms with Gasteiger partial charge in [-0.05, 0) is 39.2 Å². The highest BCUT2D eigenvalue weighted by Gasteiger charge is 2.21. The number of piperidine rings is 1. The number of thioether (sulfide) groups is 1. The van der Waals surface area contributed by atoms with Crippen molar-refractivity contribution in [2.24, 2.45) is 0 Å². The first-order valence-corrected chi connectivity index (χ1v) is 8.32. The minimum absolute atomic E-state index is 0.146. The van der Waals surface area contributed by atoms with Gasteiger partial charge in [0.2, 0.25) is 0 Å². The van der Waals surface area contributed by atoms with Crippen molar-refractivity contribution >= 4 is 34.3 Å². The molecule has 1 saturated heterocycles. The number of hydrogen-bond acceptors (Lipinski definition) is 5. The van der Waals surface area contributed by atoms with Crippen LogP contribution >= 0.6 is 24.0 Å². The first-order chi connectivity index (χ1) is 9.19. The van der Waals surface area contributed by atoms with E-state index in [1.54, 1.807) is 11.8 Å². The Balaban J connectivity index is 2.27. The molecule has 19 heavy (non-hydrogen) atoms. The van der Waals surface area contributed by atoms with Gasteiger partial charge >= 0.3 is 5.97 Å². The standard InChI is InChI=1S/C13H24N2O2S2/c1-3-15(11-7-4-5-9-14-11)13(18)19-10-6-8-12(16)17-2/h11,14H,3-10H2,1-2H3. The molecule has 1 N–H and O–H groups in total. The lowest BCUT2D eigenvalue weighted by Crippen LogP contribution is -2.49. The Hall–Kier alpha value is -0.330. The van der Waals surface area contributed by atoms with Gasteiger partial charge in [0.15, 0.2) is 0 Å². The van der Waals surface area contributed by atoms with Gasteiger partial charge in [0, 0.05) is 18.7 Å². The lowest BCUT2D eigenvalue weighted by molar-refractivity contribution is -0.140. The Kier molecular flexibility index (Phi) is 8.41. The van der Waals surface area contributed by atoms with Crippen molar-refractivity contribution < 1.29 is 9.53 Å². The zero-order chi connectivity index (χ0) is 14.1. The summed E-state index contributed by atoms with van der Waals surface area (Å²) in [6.45, 7) is 4.15. The van der Waals surface area contributed by atoms with Crippen molar-refractivity contribution in [3.05, 3.63) is 0 Å². The van der Waals surface area contributed by atoms with Gasteiger partial charge in [0.1, 0.15) is 4.32 Å². The van der Waals surface area contributed by atoms with Crippen LogP contribution in [0.5, 0.6) is 0 Å². The summed E-state index contributed by atoms with van der Waals surface area (Å²) >= 11 is 7.16. The minimum Gasteiger partial charge on any atom is -0.469 e. The van der Waals surface area contributed by atoms with Crippen LogP contribution in [-0.4, -0.2) is 47.3 Å². The molecule has 110 valence electrons. The second-order valence-corrected chi connectivity index (χ2v) is 6.27. The fraction of sp³-hybridized carbons (Fsp3) is 0.846. The van der Waals surface area contributed by atoms with E-state index in [1.165, 1.54) is 20.0 Å². The quantitative estimate of drug-likeness (QED) is 0.462. The number of carbonyl (C=O) groups excluding carboxylic acids is 1. The Labute approximate surface area is 125 Å². The first kappa shape index (κ1) is 16.7. The van der Waals surface area contributed by atoms with Gasteiger partial charge in [-0.2, -0.15) is 0 Å². The number of thiocarbonyl (C=S) groups is 1. The highest BCUT2D eigenvalue weighted by molar-refractivity contribution is 8.22. The van der Waals surface area contributed by atoms with E-state index in [-0.39, 0.29) is 5.97 Å². The molecule has 0 aromatic carbocycles. The van der Waals surface area contributed by atoms with Crippen LogP contribution in [0.25, 0.3) is 0 Å². The number of rotatable bonds is 6. The number of methoxy groups -OCH3 is 1. The van der Waals surface area contributed by atoms with Crippen molar-refractivity contribution in [3.63, 3.8) is 0 Å². The molecular weight excluding hydrogens is 280 g/mol. The summed E-state index contributed by atoms with van der Waals surface area (Å²) < 4.78 is 5.56. The number of carbonyl (C=O) groups is 1. The third kappa shape index (κ3) is 6.10. The van der Waals surface area contributed by atoms with Crippen molar-refractivity contribution in [2.45, 2.75) is 45.2 Å². The molecule has 0 radical (unpaired) electrons. The van der Waals surface area contributed by atoms with Crippen LogP contribution in [0.1, 0.15) is 39.0 Å². The molecule has 1 fully saturated rings. The smallest absolute Gasteiger partial charge is 0.305 e. The second kappa shape index (κ2) is 9.55. The highest BCUT2D eigenvalue weighted by Crippen LogP contribution is 2.18. The minimum atomic E-state index is -0.146. The predicted octanol–water partition coefficient (Wildman–Crippen LogP) is 2.38.